The van der Waals surface area contributed by atoms with Crippen LogP contribution in [-0.4, -0.2) is 18.5 Å². The molecule has 0 unspecified atom stereocenters. The Morgan fingerprint density at radius 3 is 2.70 bits per heavy atom. The number of hydrogen-bond donors (Lipinski definition) is 0. The first-order valence-corrected chi connectivity index (χ1v) is 4.06. The summed E-state index contributed by atoms with van der Waals surface area (Å²) in [5.74, 6) is -0.357. The highest BCUT2D eigenvalue weighted by molar-refractivity contribution is 6.26. The van der Waals surface area contributed by atoms with Crippen LogP contribution in [0.15, 0.2) is 0 Å². The minimum Gasteiger partial charge on any atom is -0.465 e. The first-order valence-electron chi connectivity index (χ1n) is 3.52. The van der Waals surface area contributed by atoms with E-state index in [2.05, 4.69) is 6.92 Å². The van der Waals surface area contributed by atoms with Gasteiger partial charge in [-0.2, -0.15) is 0 Å². The number of halogens is 1. The van der Waals surface area contributed by atoms with Crippen LogP contribution in [0.3, 0.4) is 0 Å². The summed E-state index contributed by atoms with van der Waals surface area (Å²) in [6.45, 7) is 2.61. The topological polar surface area (TPSA) is 26.3 Å². The van der Waals surface area contributed by atoms with E-state index in [1.54, 1.807) is 0 Å². The van der Waals surface area contributed by atoms with Crippen LogP contribution in [0.4, 0.5) is 0 Å². The Bertz CT molecular complexity index is 93.6. The molecular formula is C7H13ClO2. The van der Waals surface area contributed by atoms with Crippen LogP contribution in [-0.2, 0) is 9.53 Å². The van der Waals surface area contributed by atoms with Crippen molar-refractivity contribution < 1.29 is 9.53 Å². The first kappa shape index (κ1) is 9.76. The van der Waals surface area contributed by atoms with Gasteiger partial charge in [0.25, 0.3) is 0 Å². The van der Waals surface area contributed by atoms with Gasteiger partial charge in [0.2, 0.25) is 0 Å². The Labute approximate surface area is 66.5 Å². The molecule has 0 bridgehead atoms. The molecule has 0 rings (SSSR count). The van der Waals surface area contributed by atoms with Crippen LogP contribution in [0.25, 0.3) is 0 Å². The molecule has 0 spiro atoms. The van der Waals surface area contributed by atoms with Crippen LogP contribution in [0.2, 0.25) is 0 Å². The Hall–Kier alpha value is -0.240. The molecule has 0 aliphatic carbocycles. The molecule has 0 aromatic heterocycles. The Balaban J connectivity index is 2.96. The van der Waals surface area contributed by atoms with Crippen molar-refractivity contribution in [3.63, 3.8) is 0 Å². The molecule has 0 aromatic carbocycles. The minimum atomic E-state index is -0.322. The third kappa shape index (κ3) is 5.89. The predicted molar refractivity (Wildman–Crippen MR) is 41.2 cm³/mol. The van der Waals surface area contributed by atoms with Crippen molar-refractivity contribution in [3.05, 3.63) is 0 Å². The molecule has 0 atom stereocenters. The maximum atomic E-state index is 10.4. The van der Waals surface area contributed by atoms with Crippen LogP contribution < -0.4 is 0 Å². The van der Waals surface area contributed by atoms with E-state index in [1.165, 1.54) is 0 Å². The Morgan fingerprint density at radius 1 is 1.50 bits per heavy atom. The maximum absolute atomic E-state index is 10.4. The Kier molecular flexibility index (Phi) is 6.71. The molecule has 0 N–H and O–H groups in total. The second-order valence-corrected chi connectivity index (χ2v) is 2.33. The summed E-state index contributed by atoms with van der Waals surface area (Å²) in [6.07, 6.45) is 3.19. The van der Waals surface area contributed by atoms with Gasteiger partial charge < -0.3 is 4.74 Å². The lowest BCUT2D eigenvalue weighted by Gasteiger charge is -1.99. The zero-order chi connectivity index (χ0) is 7.82. The fraction of sp³-hybridized carbons (Fsp3) is 0.857. The molecule has 0 fully saturated rings. The second-order valence-electron chi connectivity index (χ2n) is 2.06. The highest BCUT2D eigenvalue weighted by Gasteiger charge is 1.96. The fourth-order valence-electron chi connectivity index (χ4n) is 0.577. The lowest BCUT2D eigenvalue weighted by atomic mass is 10.3. The van der Waals surface area contributed by atoms with Gasteiger partial charge in [0.05, 0.1) is 6.61 Å². The minimum absolute atomic E-state index is 0.0356. The number of ether oxygens (including phenoxy) is 1. The second kappa shape index (κ2) is 6.87. The summed E-state index contributed by atoms with van der Waals surface area (Å²) in [5.41, 5.74) is 0. The van der Waals surface area contributed by atoms with E-state index in [4.69, 9.17) is 16.3 Å². The monoisotopic (exact) mass is 164 g/mol. The molecule has 0 saturated carbocycles. The molecular weight excluding hydrogens is 152 g/mol. The average molecular weight is 165 g/mol. The van der Waals surface area contributed by atoms with E-state index in [1.807, 2.05) is 0 Å². The van der Waals surface area contributed by atoms with Gasteiger partial charge in [0.1, 0.15) is 5.88 Å². The number of carbonyl (C=O) groups is 1. The van der Waals surface area contributed by atoms with E-state index in [0.29, 0.717) is 6.61 Å². The van der Waals surface area contributed by atoms with E-state index >= 15 is 0 Å². The molecule has 0 radical (unpaired) electrons. The average Bonchev–Trinajstić information content (AvgIpc) is 1.98. The quantitative estimate of drug-likeness (QED) is 0.353. The first-order chi connectivity index (χ1) is 4.81. The lowest BCUT2D eigenvalue weighted by molar-refractivity contribution is -0.140. The summed E-state index contributed by atoms with van der Waals surface area (Å²) >= 11 is 5.19. The number of esters is 1. The number of carbonyl (C=O) groups excluding carboxylic acids is 1. The van der Waals surface area contributed by atoms with Gasteiger partial charge in [-0.3, -0.25) is 4.79 Å². The highest BCUT2D eigenvalue weighted by atomic mass is 35.5. The van der Waals surface area contributed by atoms with Gasteiger partial charge in [-0.15, -0.1) is 11.6 Å². The van der Waals surface area contributed by atoms with Crippen molar-refractivity contribution in [2.75, 3.05) is 12.5 Å². The fourth-order valence-corrected chi connectivity index (χ4v) is 0.654. The van der Waals surface area contributed by atoms with Gasteiger partial charge in [-0.1, -0.05) is 19.8 Å². The zero-order valence-electron chi connectivity index (χ0n) is 6.23. The summed E-state index contributed by atoms with van der Waals surface area (Å²) < 4.78 is 4.72. The van der Waals surface area contributed by atoms with Crippen LogP contribution in [0, 0.1) is 0 Å². The summed E-state index contributed by atoms with van der Waals surface area (Å²) in [7, 11) is 0. The number of rotatable bonds is 5. The van der Waals surface area contributed by atoms with Crippen LogP contribution in [0.5, 0.6) is 0 Å². The van der Waals surface area contributed by atoms with Crippen LogP contribution >= 0.6 is 11.6 Å². The van der Waals surface area contributed by atoms with Crippen molar-refractivity contribution in [2.24, 2.45) is 0 Å². The molecule has 2 nitrogen and oxygen atoms in total. The maximum Gasteiger partial charge on any atom is 0.320 e. The molecule has 0 amide bonds. The summed E-state index contributed by atoms with van der Waals surface area (Å²) in [5, 5.41) is 0. The highest BCUT2D eigenvalue weighted by Crippen LogP contribution is 1.94. The molecule has 0 aliphatic rings. The lowest BCUT2D eigenvalue weighted by Crippen LogP contribution is -2.06. The standard InChI is InChI=1S/C7H13ClO2/c1-2-3-4-5-10-7(9)6-8/h2-6H2,1H3. The SMILES string of the molecule is CCCCCOC(=O)CCl. The molecule has 60 valence electrons. The molecule has 0 heterocycles. The summed E-state index contributed by atoms with van der Waals surface area (Å²) in [6, 6.07) is 0. The van der Waals surface area contributed by atoms with Crippen molar-refractivity contribution in [2.45, 2.75) is 26.2 Å². The van der Waals surface area contributed by atoms with Gasteiger partial charge in [0.15, 0.2) is 0 Å². The normalized spacial score (nSPS) is 9.40. The third-order valence-electron chi connectivity index (χ3n) is 1.12. The molecule has 0 saturated heterocycles. The van der Waals surface area contributed by atoms with Crippen molar-refractivity contribution in [3.8, 4) is 0 Å². The van der Waals surface area contributed by atoms with E-state index in [9.17, 15) is 4.79 Å². The van der Waals surface area contributed by atoms with E-state index in [-0.39, 0.29) is 11.8 Å². The largest absolute Gasteiger partial charge is 0.465 e. The zero-order valence-corrected chi connectivity index (χ0v) is 6.99. The van der Waals surface area contributed by atoms with Crippen molar-refractivity contribution in [1.82, 2.24) is 0 Å². The van der Waals surface area contributed by atoms with Gasteiger partial charge >= 0.3 is 5.97 Å². The molecule has 0 aliphatic heterocycles. The van der Waals surface area contributed by atoms with Crippen molar-refractivity contribution in [1.29, 1.82) is 0 Å². The number of hydrogen-bond acceptors (Lipinski definition) is 2. The molecule has 10 heavy (non-hydrogen) atoms. The van der Waals surface area contributed by atoms with Gasteiger partial charge in [-0.25, -0.2) is 0 Å². The number of alkyl halides is 1. The smallest absolute Gasteiger partial charge is 0.320 e. The summed E-state index contributed by atoms with van der Waals surface area (Å²) in [4.78, 5) is 10.4. The predicted octanol–water partition coefficient (Wildman–Crippen LogP) is 1.96. The Morgan fingerprint density at radius 2 is 2.20 bits per heavy atom. The number of unbranched alkanes of at least 4 members (excludes halogenated alkanes) is 2. The van der Waals surface area contributed by atoms with Gasteiger partial charge in [-0.05, 0) is 6.42 Å². The van der Waals surface area contributed by atoms with E-state index < -0.39 is 0 Å². The van der Waals surface area contributed by atoms with Crippen molar-refractivity contribution >= 4 is 17.6 Å². The molecule has 3 heteroatoms. The van der Waals surface area contributed by atoms with E-state index in [0.717, 1.165) is 19.3 Å². The van der Waals surface area contributed by atoms with Gasteiger partial charge in [0, 0.05) is 0 Å². The van der Waals surface area contributed by atoms with Crippen LogP contribution in [0.1, 0.15) is 26.2 Å². The third-order valence-corrected chi connectivity index (χ3v) is 1.34. The molecule has 0 aromatic rings.